The third-order valence-electron chi connectivity index (χ3n) is 4.31. The van der Waals surface area contributed by atoms with E-state index in [0.29, 0.717) is 34.3 Å². The number of likely N-dealkylation sites (N-methyl/N-ethyl adjacent to an activating group) is 1. The minimum atomic E-state index is -0.947. The second-order valence-corrected chi connectivity index (χ2v) is 6.51. The summed E-state index contributed by atoms with van der Waals surface area (Å²) < 4.78 is 37.3. The molecule has 1 amide bonds. The first-order valence-electron chi connectivity index (χ1n) is 8.68. The first-order chi connectivity index (χ1) is 13.3. The lowest BCUT2D eigenvalue weighted by Gasteiger charge is -2.24. The summed E-state index contributed by atoms with van der Waals surface area (Å²) in [7, 11) is 3.09. The largest absolute Gasteiger partial charge is 0.491 e. The zero-order chi connectivity index (χ0) is 20.8. The Morgan fingerprint density at radius 1 is 1.25 bits per heavy atom. The van der Waals surface area contributed by atoms with Crippen molar-refractivity contribution < 1.29 is 23.0 Å². The highest BCUT2D eigenvalue weighted by Crippen LogP contribution is 2.36. The number of hydrogen-bond donors (Lipinski definition) is 0. The van der Waals surface area contributed by atoms with Crippen LogP contribution in [0.25, 0.3) is 6.08 Å². The van der Waals surface area contributed by atoms with E-state index in [2.05, 4.69) is 0 Å². The van der Waals surface area contributed by atoms with E-state index >= 15 is 0 Å². The molecule has 2 rings (SSSR count). The summed E-state index contributed by atoms with van der Waals surface area (Å²) in [6.07, 6.45) is 2.98. The van der Waals surface area contributed by atoms with E-state index in [1.54, 1.807) is 32.2 Å². The molecule has 0 saturated heterocycles. The van der Waals surface area contributed by atoms with Crippen LogP contribution < -0.4 is 9.47 Å². The van der Waals surface area contributed by atoms with Crippen molar-refractivity contribution in [2.45, 2.75) is 19.9 Å². The molecule has 2 aromatic rings. The van der Waals surface area contributed by atoms with Crippen molar-refractivity contribution in [3.05, 3.63) is 64.2 Å². The number of halogens is 3. The quantitative estimate of drug-likeness (QED) is 0.585. The van der Waals surface area contributed by atoms with E-state index in [0.717, 1.165) is 12.1 Å². The van der Waals surface area contributed by atoms with Crippen LogP contribution in [0.15, 0.2) is 36.4 Å². The summed E-state index contributed by atoms with van der Waals surface area (Å²) in [4.78, 5) is 13.9. The van der Waals surface area contributed by atoms with E-state index in [4.69, 9.17) is 21.1 Å². The highest BCUT2D eigenvalue weighted by atomic mass is 35.5. The van der Waals surface area contributed by atoms with Crippen LogP contribution in [0, 0.1) is 11.6 Å². The molecule has 1 atom stereocenters. The number of nitrogens with zero attached hydrogens (tertiary/aromatic N) is 1. The molecule has 0 aliphatic carbocycles. The van der Waals surface area contributed by atoms with Crippen LogP contribution in [0.5, 0.6) is 11.5 Å². The number of amides is 1. The molecule has 0 heterocycles. The van der Waals surface area contributed by atoms with E-state index in [-0.39, 0.29) is 5.91 Å². The van der Waals surface area contributed by atoms with Gasteiger partial charge in [0.1, 0.15) is 0 Å². The number of carbonyl (C=O) groups excluding carboxylic acids is 1. The van der Waals surface area contributed by atoms with Crippen LogP contribution in [-0.4, -0.2) is 31.6 Å². The van der Waals surface area contributed by atoms with Gasteiger partial charge >= 0.3 is 0 Å². The van der Waals surface area contributed by atoms with Crippen molar-refractivity contribution in [1.82, 2.24) is 4.90 Å². The molecular weight excluding hydrogens is 388 g/mol. The molecule has 0 N–H and O–H groups in total. The zero-order valence-corrected chi connectivity index (χ0v) is 16.9. The van der Waals surface area contributed by atoms with E-state index in [9.17, 15) is 13.6 Å². The van der Waals surface area contributed by atoms with Gasteiger partial charge in [-0.15, -0.1) is 0 Å². The second kappa shape index (κ2) is 9.55. The molecule has 0 fully saturated rings. The Hall–Kier alpha value is -2.60. The number of ether oxygens (including phenoxy) is 2. The Bertz CT molecular complexity index is 886. The van der Waals surface area contributed by atoms with Crippen LogP contribution in [0.3, 0.4) is 0 Å². The van der Waals surface area contributed by atoms with Crippen molar-refractivity contribution >= 4 is 23.6 Å². The van der Waals surface area contributed by atoms with Gasteiger partial charge in [0.05, 0.1) is 24.8 Å². The minimum Gasteiger partial charge on any atom is -0.491 e. The van der Waals surface area contributed by atoms with Gasteiger partial charge in [-0.1, -0.05) is 17.7 Å². The van der Waals surface area contributed by atoms with Gasteiger partial charge in [0.2, 0.25) is 5.91 Å². The molecule has 1 unspecified atom stereocenters. The van der Waals surface area contributed by atoms with Gasteiger partial charge < -0.3 is 14.4 Å². The highest BCUT2D eigenvalue weighted by Gasteiger charge is 2.17. The van der Waals surface area contributed by atoms with Gasteiger partial charge in [-0.25, -0.2) is 8.78 Å². The lowest BCUT2D eigenvalue weighted by atomic mass is 10.1. The fraction of sp³-hybridized carbons (Fsp3) is 0.286. The van der Waals surface area contributed by atoms with Crippen LogP contribution in [-0.2, 0) is 4.79 Å². The van der Waals surface area contributed by atoms with Gasteiger partial charge in [0, 0.05) is 13.1 Å². The number of rotatable bonds is 7. The molecule has 2 aromatic carbocycles. The van der Waals surface area contributed by atoms with Gasteiger partial charge in [0.15, 0.2) is 23.1 Å². The molecule has 7 heteroatoms. The maximum atomic E-state index is 13.4. The van der Waals surface area contributed by atoms with Crippen molar-refractivity contribution in [2.75, 3.05) is 20.8 Å². The Morgan fingerprint density at radius 3 is 2.57 bits per heavy atom. The molecule has 0 aliphatic heterocycles. The van der Waals surface area contributed by atoms with E-state index < -0.39 is 17.7 Å². The van der Waals surface area contributed by atoms with Crippen LogP contribution in [0.2, 0.25) is 5.02 Å². The van der Waals surface area contributed by atoms with E-state index in [1.165, 1.54) is 24.2 Å². The molecule has 4 nitrogen and oxygen atoms in total. The van der Waals surface area contributed by atoms with Gasteiger partial charge in [-0.05, 0) is 55.3 Å². The maximum Gasteiger partial charge on any atom is 0.246 e. The molecule has 150 valence electrons. The molecule has 0 aromatic heterocycles. The predicted molar refractivity (Wildman–Crippen MR) is 106 cm³/mol. The summed E-state index contributed by atoms with van der Waals surface area (Å²) in [5, 5.41) is 0.365. The van der Waals surface area contributed by atoms with Crippen molar-refractivity contribution in [3.63, 3.8) is 0 Å². The smallest absolute Gasteiger partial charge is 0.246 e. The summed E-state index contributed by atoms with van der Waals surface area (Å²) in [6.45, 7) is 4.01. The Kier molecular flexibility index (Phi) is 7.40. The SMILES string of the molecule is CCOc1cc(/C=C/C(=O)N(C)C(C)c2ccc(F)c(F)c2)cc(Cl)c1OC. The topological polar surface area (TPSA) is 38.8 Å². The average molecular weight is 410 g/mol. The molecule has 0 spiro atoms. The average Bonchev–Trinajstić information content (AvgIpc) is 2.67. The number of benzene rings is 2. The van der Waals surface area contributed by atoms with Crippen molar-refractivity contribution in [2.24, 2.45) is 0 Å². The third kappa shape index (κ3) is 5.01. The molecule has 0 bridgehead atoms. The van der Waals surface area contributed by atoms with Crippen LogP contribution >= 0.6 is 11.6 Å². The predicted octanol–water partition coefficient (Wildman–Crippen LogP) is 5.26. The maximum absolute atomic E-state index is 13.4. The number of carbonyl (C=O) groups is 1. The molecule has 0 radical (unpaired) electrons. The molecular formula is C21H22ClF2NO3. The summed E-state index contributed by atoms with van der Waals surface area (Å²) in [5.41, 5.74) is 1.16. The second-order valence-electron chi connectivity index (χ2n) is 6.10. The number of hydrogen-bond acceptors (Lipinski definition) is 3. The molecule has 0 aliphatic rings. The zero-order valence-electron chi connectivity index (χ0n) is 16.1. The highest BCUT2D eigenvalue weighted by molar-refractivity contribution is 6.32. The summed E-state index contributed by atoms with van der Waals surface area (Å²) in [6, 6.07) is 6.52. The fourth-order valence-electron chi connectivity index (χ4n) is 2.62. The summed E-state index contributed by atoms with van der Waals surface area (Å²) >= 11 is 6.21. The Balaban J connectivity index is 2.18. The van der Waals surface area contributed by atoms with Gasteiger partial charge in [-0.2, -0.15) is 0 Å². The van der Waals surface area contributed by atoms with E-state index in [1.807, 2.05) is 6.92 Å². The lowest BCUT2D eigenvalue weighted by Crippen LogP contribution is -2.28. The van der Waals surface area contributed by atoms with Gasteiger partial charge in [-0.3, -0.25) is 4.79 Å². The van der Waals surface area contributed by atoms with Crippen molar-refractivity contribution in [3.8, 4) is 11.5 Å². The minimum absolute atomic E-state index is 0.304. The molecule has 0 saturated carbocycles. The molecule has 28 heavy (non-hydrogen) atoms. The van der Waals surface area contributed by atoms with Crippen LogP contribution in [0.4, 0.5) is 8.78 Å². The monoisotopic (exact) mass is 409 g/mol. The Morgan fingerprint density at radius 2 is 1.96 bits per heavy atom. The fourth-order valence-corrected chi connectivity index (χ4v) is 2.91. The van der Waals surface area contributed by atoms with Crippen LogP contribution in [0.1, 0.15) is 31.0 Å². The standard InChI is InChI=1S/C21H22ClF2NO3/c1-5-28-19-11-14(10-16(22)21(19)27-4)6-9-20(26)25(3)13(2)15-7-8-17(23)18(24)12-15/h6-13H,5H2,1-4H3/b9-6+. The lowest BCUT2D eigenvalue weighted by molar-refractivity contribution is -0.126. The third-order valence-corrected chi connectivity index (χ3v) is 4.59. The number of methoxy groups -OCH3 is 1. The normalized spacial score (nSPS) is 12.1. The Labute approximate surface area is 168 Å². The first-order valence-corrected chi connectivity index (χ1v) is 9.06. The summed E-state index contributed by atoms with van der Waals surface area (Å²) in [5.74, 6) is -1.27. The van der Waals surface area contributed by atoms with Gasteiger partial charge in [0.25, 0.3) is 0 Å². The van der Waals surface area contributed by atoms with Crippen molar-refractivity contribution in [1.29, 1.82) is 0 Å². The first kappa shape index (κ1) is 21.7.